The number of piperazine rings is 1. The maximum Gasteiger partial charge on any atom is 0.234 e. The molecule has 7 heteroatoms. The van der Waals surface area contributed by atoms with E-state index in [4.69, 9.17) is 0 Å². The summed E-state index contributed by atoms with van der Waals surface area (Å²) >= 11 is 0. The molecule has 2 aliphatic heterocycles. The smallest absolute Gasteiger partial charge is 0.234 e. The first-order valence-corrected chi connectivity index (χ1v) is 12.4. The molecule has 0 aromatic carbocycles. The van der Waals surface area contributed by atoms with E-state index in [1.807, 2.05) is 18.7 Å². The maximum absolute atomic E-state index is 12.3. The summed E-state index contributed by atoms with van der Waals surface area (Å²) in [6.07, 6.45) is 2.23. The maximum atomic E-state index is 12.3. The number of nitrogens with zero attached hydrogens (tertiary/aromatic N) is 4. The average Bonchev–Trinajstić information content (AvgIpc) is 2.72. The third-order valence-electron chi connectivity index (χ3n) is 6.79. The zero-order valence-corrected chi connectivity index (χ0v) is 20.9. The van der Waals surface area contributed by atoms with Crippen molar-refractivity contribution in [2.45, 2.75) is 66.5 Å². The van der Waals surface area contributed by atoms with Crippen LogP contribution in [0.2, 0.25) is 0 Å². The Balaban J connectivity index is 1.60. The minimum atomic E-state index is 0.103. The van der Waals surface area contributed by atoms with Gasteiger partial charge in [-0.3, -0.25) is 19.4 Å². The molecular weight excluding hydrogens is 390 g/mol. The second-order valence-corrected chi connectivity index (χ2v) is 10.3. The molecule has 0 bridgehead atoms. The summed E-state index contributed by atoms with van der Waals surface area (Å²) in [6, 6.07) is 0.987. The van der Waals surface area contributed by atoms with E-state index in [9.17, 15) is 9.59 Å². The first kappa shape index (κ1) is 26.1. The Labute approximate surface area is 190 Å². The van der Waals surface area contributed by atoms with Crippen LogP contribution in [0, 0.1) is 11.8 Å². The van der Waals surface area contributed by atoms with Crippen LogP contribution in [0.3, 0.4) is 0 Å². The SMILES string of the molecule is CC(C)C(=O)N1CCC(CN2CCN(CC(=O)NCCN(C(C)C)C(C)C)CC2)CC1. The van der Waals surface area contributed by atoms with Crippen LogP contribution in [0.5, 0.6) is 0 Å². The van der Waals surface area contributed by atoms with Gasteiger partial charge in [-0.05, 0) is 46.5 Å². The van der Waals surface area contributed by atoms with Crippen LogP contribution in [-0.2, 0) is 9.59 Å². The third-order valence-corrected chi connectivity index (χ3v) is 6.79. The molecule has 0 aliphatic carbocycles. The van der Waals surface area contributed by atoms with Crippen molar-refractivity contribution in [2.75, 3.05) is 65.4 Å². The summed E-state index contributed by atoms with van der Waals surface area (Å²) in [4.78, 5) is 33.8. The number of piperidine rings is 1. The van der Waals surface area contributed by atoms with Crippen molar-refractivity contribution >= 4 is 11.8 Å². The van der Waals surface area contributed by atoms with Crippen molar-refractivity contribution < 1.29 is 9.59 Å². The Hall–Kier alpha value is -1.18. The highest BCUT2D eigenvalue weighted by Crippen LogP contribution is 2.20. The highest BCUT2D eigenvalue weighted by molar-refractivity contribution is 5.78. The highest BCUT2D eigenvalue weighted by Gasteiger charge is 2.27. The predicted molar refractivity (Wildman–Crippen MR) is 127 cm³/mol. The minimum Gasteiger partial charge on any atom is -0.354 e. The van der Waals surface area contributed by atoms with Gasteiger partial charge in [0.15, 0.2) is 0 Å². The summed E-state index contributed by atoms with van der Waals surface area (Å²) in [7, 11) is 0. The van der Waals surface area contributed by atoms with Crippen molar-refractivity contribution in [1.29, 1.82) is 0 Å². The Morgan fingerprint density at radius 3 is 1.94 bits per heavy atom. The molecule has 180 valence electrons. The zero-order chi connectivity index (χ0) is 23.0. The molecule has 0 atom stereocenters. The fourth-order valence-electron chi connectivity index (χ4n) is 4.89. The van der Waals surface area contributed by atoms with Crippen LogP contribution in [0.4, 0.5) is 0 Å². The molecule has 0 unspecified atom stereocenters. The van der Waals surface area contributed by atoms with Gasteiger partial charge in [0, 0.05) is 76.9 Å². The number of rotatable bonds is 10. The minimum absolute atomic E-state index is 0.103. The van der Waals surface area contributed by atoms with Crippen LogP contribution in [0.25, 0.3) is 0 Å². The van der Waals surface area contributed by atoms with Crippen molar-refractivity contribution in [3.05, 3.63) is 0 Å². The molecule has 2 fully saturated rings. The number of carbonyl (C=O) groups excluding carboxylic acids is 2. The van der Waals surface area contributed by atoms with Crippen molar-refractivity contribution in [3.63, 3.8) is 0 Å². The number of carbonyl (C=O) groups is 2. The van der Waals surface area contributed by atoms with E-state index >= 15 is 0 Å². The Kier molecular flexibility index (Phi) is 10.7. The molecule has 2 amide bonds. The number of nitrogens with one attached hydrogen (secondary N) is 1. The van der Waals surface area contributed by atoms with Gasteiger partial charge in [0.25, 0.3) is 0 Å². The molecule has 2 rings (SSSR count). The lowest BCUT2D eigenvalue weighted by Crippen LogP contribution is -2.51. The fraction of sp³-hybridized carbons (Fsp3) is 0.917. The van der Waals surface area contributed by atoms with E-state index in [0.717, 1.165) is 65.2 Å². The van der Waals surface area contributed by atoms with Crippen LogP contribution in [0.15, 0.2) is 0 Å². The lowest BCUT2D eigenvalue weighted by atomic mass is 9.95. The molecule has 2 heterocycles. The predicted octanol–water partition coefficient (Wildman–Crippen LogP) is 1.73. The second kappa shape index (κ2) is 12.8. The lowest BCUT2D eigenvalue weighted by Gasteiger charge is -2.39. The van der Waals surface area contributed by atoms with Gasteiger partial charge in [0.1, 0.15) is 0 Å². The summed E-state index contributed by atoms with van der Waals surface area (Å²) in [6.45, 7) is 21.8. The van der Waals surface area contributed by atoms with Gasteiger partial charge in [-0.1, -0.05) is 13.8 Å². The first-order chi connectivity index (χ1) is 14.7. The van der Waals surface area contributed by atoms with Crippen molar-refractivity contribution in [1.82, 2.24) is 24.9 Å². The monoisotopic (exact) mass is 437 g/mol. The van der Waals surface area contributed by atoms with Gasteiger partial charge in [-0.2, -0.15) is 0 Å². The van der Waals surface area contributed by atoms with Crippen LogP contribution < -0.4 is 5.32 Å². The van der Waals surface area contributed by atoms with Gasteiger partial charge in [-0.15, -0.1) is 0 Å². The molecule has 0 aromatic heterocycles. The lowest BCUT2D eigenvalue weighted by molar-refractivity contribution is -0.136. The van der Waals surface area contributed by atoms with Gasteiger partial charge in [0.2, 0.25) is 11.8 Å². The quantitative estimate of drug-likeness (QED) is 0.564. The fourth-order valence-corrected chi connectivity index (χ4v) is 4.89. The Bertz CT molecular complexity index is 542. The molecule has 31 heavy (non-hydrogen) atoms. The van der Waals surface area contributed by atoms with Crippen molar-refractivity contribution in [2.24, 2.45) is 11.8 Å². The Morgan fingerprint density at radius 2 is 1.42 bits per heavy atom. The molecule has 0 saturated carbocycles. The van der Waals surface area contributed by atoms with Crippen LogP contribution >= 0.6 is 0 Å². The van der Waals surface area contributed by atoms with E-state index in [2.05, 4.69) is 47.7 Å². The highest BCUT2D eigenvalue weighted by atomic mass is 16.2. The van der Waals surface area contributed by atoms with E-state index in [-0.39, 0.29) is 11.8 Å². The molecule has 2 saturated heterocycles. The van der Waals surface area contributed by atoms with Crippen LogP contribution in [0.1, 0.15) is 54.4 Å². The van der Waals surface area contributed by atoms with E-state index < -0.39 is 0 Å². The second-order valence-electron chi connectivity index (χ2n) is 10.3. The van der Waals surface area contributed by atoms with Crippen molar-refractivity contribution in [3.8, 4) is 0 Å². The molecule has 2 aliphatic rings. The van der Waals surface area contributed by atoms with E-state index in [0.29, 0.717) is 37.0 Å². The summed E-state index contributed by atoms with van der Waals surface area (Å²) in [5.74, 6) is 1.23. The molecule has 0 aromatic rings. The third kappa shape index (κ3) is 8.70. The largest absolute Gasteiger partial charge is 0.354 e. The molecule has 1 N–H and O–H groups in total. The molecule has 0 radical (unpaired) electrons. The van der Waals surface area contributed by atoms with E-state index in [1.54, 1.807) is 0 Å². The summed E-state index contributed by atoms with van der Waals surface area (Å²) in [5, 5.41) is 3.10. The summed E-state index contributed by atoms with van der Waals surface area (Å²) in [5.41, 5.74) is 0. The molecule has 7 nitrogen and oxygen atoms in total. The van der Waals surface area contributed by atoms with Gasteiger partial charge < -0.3 is 15.1 Å². The molecular formula is C24H47N5O2. The van der Waals surface area contributed by atoms with Gasteiger partial charge in [-0.25, -0.2) is 0 Å². The van der Waals surface area contributed by atoms with E-state index in [1.165, 1.54) is 0 Å². The van der Waals surface area contributed by atoms with Crippen LogP contribution in [-0.4, -0.2) is 109 Å². The number of likely N-dealkylation sites (tertiary alicyclic amines) is 1. The number of amides is 2. The summed E-state index contributed by atoms with van der Waals surface area (Å²) < 4.78 is 0. The van der Waals surface area contributed by atoms with Gasteiger partial charge >= 0.3 is 0 Å². The average molecular weight is 438 g/mol. The molecule has 0 spiro atoms. The normalized spacial score (nSPS) is 19.7. The zero-order valence-electron chi connectivity index (χ0n) is 20.9. The Morgan fingerprint density at radius 1 is 0.871 bits per heavy atom. The number of hydrogen-bond acceptors (Lipinski definition) is 5. The standard InChI is InChI=1S/C24H47N5O2/c1-19(2)24(31)28-10-7-22(8-11-28)17-26-13-15-27(16-14-26)18-23(30)25-9-12-29(20(3)4)21(5)6/h19-22H,7-18H2,1-6H3,(H,25,30). The van der Waals surface area contributed by atoms with Gasteiger partial charge in [0.05, 0.1) is 6.54 Å². The number of hydrogen-bond donors (Lipinski definition) is 1. The topological polar surface area (TPSA) is 59.1 Å². The first-order valence-electron chi connectivity index (χ1n) is 12.4.